The molecule has 5 aliphatic rings. The summed E-state index contributed by atoms with van der Waals surface area (Å²) in [5, 5.41) is 10.6. The van der Waals surface area contributed by atoms with Crippen molar-refractivity contribution in [1.82, 2.24) is 0 Å². The van der Waals surface area contributed by atoms with E-state index < -0.39 is 0 Å². The fourth-order valence-corrected chi connectivity index (χ4v) is 8.39. The molecule has 8 atom stereocenters. The zero-order chi connectivity index (χ0) is 17.4. The minimum absolute atomic E-state index is 0.0576. The number of aliphatic hydroxyl groups excluding tert-OH is 1. The summed E-state index contributed by atoms with van der Waals surface area (Å²) in [6, 6.07) is 0. The van der Waals surface area contributed by atoms with E-state index in [0.29, 0.717) is 11.3 Å². The van der Waals surface area contributed by atoms with Gasteiger partial charge in [0.25, 0.3) is 0 Å². The molecule has 142 valence electrons. The maximum Gasteiger partial charge on any atom is 0.171 e. The van der Waals surface area contributed by atoms with Crippen molar-refractivity contribution in [3.8, 4) is 0 Å². The first-order chi connectivity index (χ1) is 11.9. The van der Waals surface area contributed by atoms with E-state index in [0.717, 1.165) is 49.7 Å². The fourth-order valence-electron chi connectivity index (χ4n) is 8.39. The molecule has 0 aromatic rings. The van der Waals surface area contributed by atoms with Crippen molar-refractivity contribution < 1.29 is 14.6 Å². The lowest BCUT2D eigenvalue weighted by Gasteiger charge is -2.62. The summed E-state index contributed by atoms with van der Waals surface area (Å²) in [6.07, 6.45) is 9.85. The molecule has 0 radical (unpaired) electrons. The third kappa shape index (κ3) is 2.15. The van der Waals surface area contributed by atoms with Crippen LogP contribution in [0.2, 0.25) is 0 Å². The zero-order valence-electron chi connectivity index (χ0n) is 16.3. The molecule has 0 aromatic heterocycles. The van der Waals surface area contributed by atoms with Crippen molar-refractivity contribution in [3.05, 3.63) is 0 Å². The number of hydrogen-bond acceptors (Lipinski definition) is 3. The second-order valence-electron chi connectivity index (χ2n) is 10.6. The largest absolute Gasteiger partial charge is 0.393 e. The molecule has 5 rings (SSSR count). The third-order valence-electron chi connectivity index (χ3n) is 9.82. The summed E-state index contributed by atoms with van der Waals surface area (Å²) < 4.78 is 12.3. The van der Waals surface area contributed by atoms with Crippen LogP contribution in [0, 0.1) is 40.4 Å². The maximum absolute atomic E-state index is 10.6. The highest BCUT2D eigenvalue weighted by Crippen LogP contribution is 2.68. The first-order valence-corrected chi connectivity index (χ1v) is 10.8. The van der Waals surface area contributed by atoms with E-state index in [9.17, 15) is 5.11 Å². The SMILES string of the molecule is CC1CC2(C)C(CCC3C4CCC(O)C4(C)CCC32)CC12OCCO2. The van der Waals surface area contributed by atoms with Crippen LogP contribution in [0.3, 0.4) is 0 Å². The lowest BCUT2D eigenvalue weighted by atomic mass is 9.44. The lowest BCUT2D eigenvalue weighted by molar-refractivity contribution is -0.258. The normalized spacial score (nSPS) is 57.1. The summed E-state index contributed by atoms with van der Waals surface area (Å²) in [6.45, 7) is 8.90. The molecule has 1 heterocycles. The predicted molar refractivity (Wildman–Crippen MR) is 96.9 cm³/mol. The van der Waals surface area contributed by atoms with Crippen LogP contribution in [-0.2, 0) is 9.47 Å². The molecular formula is C22H36O3. The molecule has 0 aromatic carbocycles. The van der Waals surface area contributed by atoms with Crippen molar-refractivity contribution >= 4 is 0 Å². The second-order valence-corrected chi connectivity index (χ2v) is 10.6. The predicted octanol–water partition coefficient (Wildman–Crippen LogP) is 4.38. The van der Waals surface area contributed by atoms with Gasteiger partial charge in [-0.25, -0.2) is 0 Å². The molecule has 1 aliphatic heterocycles. The molecule has 1 N–H and O–H groups in total. The average Bonchev–Trinajstić information content (AvgIpc) is 3.16. The molecule has 25 heavy (non-hydrogen) atoms. The number of hydrogen-bond donors (Lipinski definition) is 1. The number of rotatable bonds is 0. The van der Waals surface area contributed by atoms with Crippen LogP contribution in [-0.4, -0.2) is 30.2 Å². The maximum atomic E-state index is 10.6. The van der Waals surface area contributed by atoms with Gasteiger partial charge in [0.2, 0.25) is 0 Å². The highest BCUT2D eigenvalue weighted by Gasteiger charge is 2.63. The van der Waals surface area contributed by atoms with Crippen molar-refractivity contribution in [1.29, 1.82) is 0 Å². The van der Waals surface area contributed by atoms with Gasteiger partial charge in [-0.2, -0.15) is 0 Å². The molecule has 1 saturated heterocycles. The van der Waals surface area contributed by atoms with Crippen LogP contribution in [0.4, 0.5) is 0 Å². The minimum Gasteiger partial charge on any atom is -0.393 e. The van der Waals surface area contributed by atoms with Gasteiger partial charge in [0, 0.05) is 12.3 Å². The van der Waals surface area contributed by atoms with Crippen LogP contribution >= 0.6 is 0 Å². The van der Waals surface area contributed by atoms with Gasteiger partial charge in [0.1, 0.15) is 0 Å². The molecule has 3 heteroatoms. The Hall–Kier alpha value is -0.120. The van der Waals surface area contributed by atoms with Gasteiger partial charge in [-0.1, -0.05) is 20.8 Å². The van der Waals surface area contributed by atoms with Crippen LogP contribution < -0.4 is 0 Å². The van der Waals surface area contributed by atoms with Gasteiger partial charge in [0.05, 0.1) is 19.3 Å². The number of fused-ring (bicyclic) bond motifs is 5. The number of ether oxygens (including phenoxy) is 2. The van der Waals surface area contributed by atoms with Gasteiger partial charge in [0.15, 0.2) is 5.79 Å². The van der Waals surface area contributed by atoms with Crippen LogP contribution in [0.1, 0.15) is 72.1 Å². The smallest absolute Gasteiger partial charge is 0.171 e. The van der Waals surface area contributed by atoms with Gasteiger partial charge in [-0.05, 0) is 79.4 Å². The van der Waals surface area contributed by atoms with E-state index in [1.165, 1.54) is 38.5 Å². The van der Waals surface area contributed by atoms with Crippen molar-refractivity contribution in [2.24, 2.45) is 40.4 Å². The average molecular weight is 349 g/mol. The lowest BCUT2D eigenvalue weighted by Crippen LogP contribution is -2.58. The quantitative estimate of drug-likeness (QED) is 0.706. The Morgan fingerprint density at radius 3 is 2.32 bits per heavy atom. The molecule has 1 spiro atoms. The molecule has 4 aliphatic carbocycles. The molecule has 0 bridgehead atoms. The van der Waals surface area contributed by atoms with Crippen LogP contribution in [0.15, 0.2) is 0 Å². The Balaban J connectivity index is 1.43. The first-order valence-electron chi connectivity index (χ1n) is 10.8. The molecule has 4 saturated carbocycles. The second kappa shape index (κ2) is 5.45. The summed E-state index contributed by atoms with van der Waals surface area (Å²) in [7, 11) is 0. The Morgan fingerprint density at radius 1 is 0.840 bits per heavy atom. The number of aliphatic hydroxyl groups is 1. The Morgan fingerprint density at radius 2 is 1.56 bits per heavy atom. The first kappa shape index (κ1) is 17.0. The highest BCUT2D eigenvalue weighted by molar-refractivity contribution is 5.11. The standard InChI is InChI=1S/C22H36O3/c1-14-12-21(3)15(13-22(14)24-10-11-25-22)4-5-16-17-6-7-19(23)20(17,2)9-8-18(16)21/h14-19,23H,4-13H2,1-3H3. The van der Waals surface area contributed by atoms with Gasteiger partial charge in [-0.15, -0.1) is 0 Å². The van der Waals surface area contributed by atoms with E-state index in [1.54, 1.807) is 0 Å². The topological polar surface area (TPSA) is 38.7 Å². The van der Waals surface area contributed by atoms with Gasteiger partial charge in [-0.3, -0.25) is 0 Å². The Kier molecular flexibility index (Phi) is 3.71. The van der Waals surface area contributed by atoms with E-state index in [2.05, 4.69) is 20.8 Å². The summed E-state index contributed by atoms with van der Waals surface area (Å²) in [4.78, 5) is 0. The van der Waals surface area contributed by atoms with E-state index >= 15 is 0 Å². The molecular weight excluding hydrogens is 312 g/mol. The monoisotopic (exact) mass is 348 g/mol. The fraction of sp³-hybridized carbons (Fsp3) is 1.00. The van der Waals surface area contributed by atoms with Crippen molar-refractivity contribution in [2.75, 3.05) is 13.2 Å². The third-order valence-corrected chi connectivity index (χ3v) is 9.82. The summed E-state index contributed by atoms with van der Waals surface area (Å²) in [5.41, 5.74) is 0.640. The summed E-state index contributed by atoms with van der Waals surface area (Å²) in [5.74, 6) is 3.41. The van der Waals surface area contributed by atoms with Crippen molar-refractivity contribution in [2.45, 2.75) is 84.0 Å². The van der Waals surface area contributed by atoms with Crippen molar-refractivity contribution in [3.63, 3.8) is 0 Å². The molecule has 0 amide bonds. The zero-order valence-corrected chi connectivity index (χ0v) is 16.3. The molecule has 5 fully saturated rings. The van der Waals surface area contributed by atoms with Crippen LogP contribution in [0.5, 0.6) is 0 Å². The summed E-state index contributed by atoms with van der Waals surface area (Å²) >= 11 is 0. The molecule has 8 unspecified atom stereocenters. The van der Waals surface area contributed by atoms with Gasteiger partial charge < -0.3 is 14.6 Å². The Bertz CT molecular complexity index is 541. The van der Waals surface area contributed by atoms with E-state index in [-0.39, 0.29) is 17.3 Å². The highest BCUT2D eigenvalue weighted by atomic mass is 16.7. The van der Waals surface area contributed by atoms with E-state index in [4.69, 9.17) is 9.47 Å². The Labute approximate surface area is 152 Å². The minimum atomic E-state index is -0.274. The van der Waals surface area contributed by atoms with E-state index in [1.807, 2.05) is 0 Å². The van der Waals surface area contributed by atoms with Crippen LogP contribution in [0.25, 0.3) is 0 Å². The molecule has 3 nitrogen and oxygen atoms in total. The van der Waals surface area contributed by atoms with Gasteiger partial charge >= 0.3 is 0 Å².